The Hall–Kier alpha value is -1.30. The zero-order valence-corrected chi connectivity index (χ0v) is 12.3. The highest BCUT2D eigenvalue weighted by molar-refractivity contribution is 7.86. The van der Waals surface area contributed by atoms with Gasteiger partial charge in [-0.1, -0.05) is 35.9 Å². The maximum Gasteiger partial charge on any atom is 0.294 e. The van der Waals surface area contributed by atoms with Crippen LogP contribution >= 0.6 is 12.6 Å². The van der Waals surface area contributed by atoms with Crippen LogP contribution in [0.5, 0.6) is 0 Å². The van der Waals surface area contributed by atoms with Gasteiger partial charge in [-0.25, -0.2) is 0 Å². The molecule has 0 aliphatic heterocycles. The molecule has 0 unspecified atom stereocenters. The Bertz CT molecular complexity index is 717. The number of aryl methyl sites for hydroxylation is 1. The van der Waals surface area contributed by atoms with Crippen LogP contribution < -0.4 is 0 Å². The van der Waals surface area contributed by atoms with E-state index >= 15 is 0 Å². The van der Waals surface area contributed by atoms with Gasteiger partial charge in [-0.15, -0.1) is 12.6 Å². The first-order valence-corrected chi connectivity index (χ1v) is 7.56. The zero-order valence-electron chi connectivity index (χ0n) is 10.6. The molecule has 0 aromatic heterocycles. The lowest BCUT2D eigenvalue weighted by Crippen LogP contribution is -2.02. The normalized spacial score (nSPS) is 11.6. The number of hydrogen-bond acceptors (Lipinski definition) is 3. The Morgan fingerprint density at radius 2 is 1.58 bits per heavy atom. The molecule has 0 amide bonds. The Morgan fingerprint density at radius 3 is 2.11 bits per heavy atom. The molecule has 3 nitrogen and oxygen atoms in total. The van der Waals surface area contributed by atoms with Gasteiger partial charge >= 0.3 is 0 Å². The molecule has 0 radical (unpaired) electrons. The predicted molar refractivity (Wildman–Crippen MR) is 78.4 cm³/mol. The van der Waals surface area contributed by atoms with E-state index in [-0.39, 0.29) is 4.90 Å². The molecule has 2 rings (SSSR count). The van der Waals surface area contributed by atoms with Crippen molar-refractivity contribution in [3.63, 3.8) is 0 Å². The number of benzene rings is 2. The average Bonchev–Trinajstić information content (AvgIpc) is 2.32. The molecule has 0 saturated carbocycles. The standard InChI is InChI=1S/C14H14O3S2/c1-9-3-5-11(6-4-9)12-7-8-13(19(15,16)17)10(2)14(12)18/h3-8,18H,1-2H3,(H,15,16,17). The molecule has 0 heterocycles. The van der Waals surface area contributed by atoms with Crippen LogP contribution in [-0.4, -0.2) is 13.0 Å². The lowest BCUT2D eigenvalue weighted by atomic mass is 10.0. The maximum absolute atomic E-state index is 11.2. The monoisotopic (exact) mass is 294 g/mol. The third-order valence-corrected chi connectivity index (χ3v) is 4.60. The highest BCUT2D eigenvalue weighted by Gasteiger charge is 2.17. The minimum absolute atomic E-state index is 0.103. The summed E-state index contributed by atoms with van der Waals surface area (Å²) in [6.45, 7) is 3.63. The van der Waals surface area contributed by atoms with E-state index in [9.17, 15) is 8.42 Å². The summed E-state index contributed by atoms with van der Waals surface area (Å²) in [6, 6.07) is 10.9. The molecule has 0 fully saturated rings. The second kappa shape index (κ2) is 5.00. The van der Waals surface area contributed by atoms with Gasteiger partial charge in [0.15, 0.2) is 0 Å². The van der Waals surface area contributed by atoms with Crippen molar-refractivity contribution in [1.29, 1.82) is 0 Å². The van der Waals surface area contributed by atoms with Crippen molar-refractivity contribution in [2.45, 2.75) is 23.6 Å². The van der Waals surface area contributed by atoms with Crippen molar-refractivity contribution < 1.29 is 13.0 Å². The van der Waals surface area contributed by atoms with Crippen molar-refractivity contribution in [1.82, 2.24) is 0 Å². The first-order valence-electron chi connectivity index (χ1n) is 5.68. The molecule has 0 aliphatic rings. The van der Waals surface area contributed by atoms with Crippen LogP contribution in [0.1, 0.15) is 11.1 Å². The third kappa shape index (κ3) is 2.83. The maximum atomic E-state index is 11.2. The van der Waals surface area contributed by atoms with Crippen molar-refractivity contribution >= 4 is 22.7 Å². The summed E-state index contributed by atoms with van der Waals surface area (Å²) in [6.07, 6.45) is 0. The molecule has 5 heteroatoms. The quantitative estimate of drug-likeness (QED) is 0.658. The van der Waals surface area contributed by atoms with E-state index < -0.39 is 10.1 Å². The van der Waals surface area contributed by atoms with Crippen molar-refractivity contribution in [2.24, 2.45) is 0 Å². The van der Waals surface area contributed by atoms with E-state index in [1.165, 1.54) is 6.07 Å². The van der Waals surface area contributed by atoms with E-state index in [4.69, 9.17) is 4.55 Å². The van der Waals surface area contributed by atoms with Crippen LogP contribution in [0.3, 0.4) is 0 Å². The summed E-state index contributed by atoms with van der Waals surface area (Å²) in [4.78, 5) is 0.451. The van der Waals surface area contributed by atoms with E-state index in [1.807, 2.05) is 31.2 Å². The van der Waals surface area contributed by atoms with Crippen molar-refractivity contribution in [3.8, 4) is 11.1 Å². The van der Waals surface area contributed by atoms with Gasteiger partial charge in [0.2, 0.25) is 0 Å². The van der Waals surface area contributed by atoms with Crippen molar-refractivity contribution in [3.05, 3.63) is 47.5 Å². The molecule has 0 saturated heterocycles. The van der Waals surface area contributed by atoms with Gasteiger partial charge in [0, 0.05) is 4.90 Å². The van der Waals surface area contributed by atoms with Crippen LogP contribution in [0.2, 0.25) is 0 Å². The predicted octanol–water partition coefficient (Wildman–Crippen LogP) is 3.51. The van der Waals surface area contributed by atoms with E-state index in [2.05, 4.69) is 12.6 Å². The summed E-state index contributed by atoms with van der Waals surface area (Å²) in [5.74, 6) is 0. The molecular formula is C14H14O3S2. The Balaban J connectivity index is 2.62. The summed E-state index contributed by atoms with van der Waals surface area (Å²) in [5.41, 5.74) is 3.40. The molecule has 19 heavy (non-hydrogen) atoms. The second-order valence-corrected chi connectivity index (χ2v) is 6.26. The van der Waals surface area contributed by atoms with E-state index in [1.54, 1.807) is 13.0 Å². The second-order valence-electron chi connectivity index (χ2n) is 4.43. The van der Waals surface area contributed by atoms with E-state index in [0.717, 1.165) is 16.7 Å². The first kappa shape index (κ1) is 14.1. The minimum atomic E-state index is -4.21. The van der Waals surface area contributed by atoms with Crippen LogP contribution in [-0.2, 0) is 10.1 Å². The fourth-order valence-electron chi connectivity index (χ4n) is 1.93. The van der Waals surface area contributed by atoms with Gasteiger partial charge in [0.1, 0.15) is 0 Å². The molecule has 0 bridgehead atoms. The fourth-order valence-corrected chi connectivity index (χ4v) is 3.06. The molecule has 0 spiro atoms. The van der Waals surface area contributed by atoms with Gasteiger partial charge < -0.3 is 0 Å². The molecule has 0 aliphatic carbocycles. The highest BCUT2D eigenvalue weighted by Crippen LogP contribution is 2.32. The van der Waals surface area contributed by atoms with E-state index in [0.29, 0.717) is 10.5 Å². The summed E-state index contributed by atoms with van der Waals surface area (Å²) in [7, 11) is -4.21. The highest BCUT2D eigenvalue weighted by atomic mass is 32.2. The topological polar surface area (TPSA) is 54.4 Å². The summed E-state index contributed by atoms with van der Waals surface area (Å²) in [5, 5.41) is 0. The number of hydrogen-bond donors (Lipinski definition) is 2. The lowest BCUT2D eigenvalue weighted by Gasteiger charge is -2.11. The zero-order chi connectivity index (χ0) is 14.2. The Morgan fingerprint density at radius 1 is 1.00 bits per heavy atom. The van der Waals surface area contributed by atoms with Gasteiger partial charge in [-0.05, 0) is 36.6 Å². The molecular weight excluding hydrogens is 280 g/mol. The Kier molecular flexibility index (Phi) is 3.71. The summed E-state index contributed by atoms with van der Waals surface area (Å²) < 4.78 is 31.6. The van der Waals surface area contributed by atoms with Gasteiger partial charge in [0.25, 0.3) is 10.1 Å². The number of rotatable bonds is 2. The fraction of sp³-hybridized carbons (Fsp3) is 0.143. The summed E-state index contributed by atoms with van der Waals surface area (Å²) >= 11 is 4.37. The third-order valence-electron chi connectivity index (χ3n) is 3.02. The van der Waals surface area contributed by atoms with Crippen LogP contribution in [0, 0.1) is 13.8 Å². The van der Waals surface area contributed by atoms with Gasteiger partial charge in [-0.3, -0.25) is 4.55 Å². The minimum Gasteiger partial charge on any atom is -0.282 e. The average molecular weight is 294 g/mol. The molecule has 1 N–H and O–H groups in total. The molecule has 0 atom stereocenters. The number of thiol groups is 1. The first-order chi connectivity index (χ1) is 8.80. The van der Waals surface area contributed by atoms with Gasteiger partial charge in [0.05, 0.1) is 4.90 Å². The molecule has 2 aromatic rings. The Labute approximate surface area is 118 Å². The van der Waals surface area contributed by atoms with Gasteiger partial charge in [-0.2, -0.15) is 8.42 Å². The largest absolute Gasteiger partial charge is 0.294 e. The molecule has 100 valence electrons. The van der Waals surface area contributed by atoms with Crippen LogP contribution in [0.4, 0.5) is 0 Å². The van der Waals surface area contributed by atoms with Crippen molar-refractivity contribution in [2.75, 3.05) is 0 Å². The smallest absolute Gasteiger partial charge is 0.282 e. The lowest BCUT2D eigenvalue weighted by molar-refractivity contribution is 0.482. The molecule has 2 aromatic carbocycles. The van der Waals surface area contributed by atoms with Crippen LogP contribution in [0.25, 0.3) is 11.1 Å². The SMILES string of the molecule is Cc1ccc(-c2ccc(S(=O)(=O)O)c(C)c2S)cc1. The van der Waals surface area contributed by atoms with Crippen LogP contribution in [0.15, 0.2) is 46.2 Å².